The van der Waals surface area contributed by atoms with Crippen LogP contribution in [0, 0.1) is 0 Å². The van der Waals surface area contributed by atoms with E-state index in [1.807, 2.05) is 0 Å². The Morgan fingerprint density at radius 3 is 2.33 bits per heavy atom. The minimum absolute atomic E-state index is 0.0444. The van der Waals surface area contributed by atoms with E-state index in [1.54, 1.807) is 0 Å². The first-order valence-electron chi connectivity index (χ1n) is 4.90. The molecule has 0 aliphatic rings. The van der Waals surface area contributed by atoms with Crippen LogP contribution in [-0.2, 0) is 9.53 Å². The molecule has 0 fully saturated rings. The summed E-state index contributed by atoms with van der Waals surface area (Å²) < 4.78 is 4.42. The van der Waals surface area contributed by atoms with Crippen LogP contribution in [0.4, 0.5) is 0 Å². The van der Waals surface area contributed by atoms with E-state index in [-0.39, 0.29) is 6.54 Å². The van der Waals surface area contributed by atoms with Gasteiger partial charge in [-0.05, 0) is 18.2 Å². The van der Waals surface area contributed by atoms with Crippen LogP contribution in [0.3, 0.4) is 0 Å². The van der Waals surface area contributed by atoms with Crippen molar-refractivity contribution in [1.29, 1.82) is 0 Å². The molecule has 1 atom stereocenters. The van der Waals surface area contributed by atoms with Crippen LogP contribution in [0.15, 0.2) is 18.2 Å². The predicted octanol–water partition coefficient (Wildman–Crippen LogP) is 2.50. The average molecular weight is 311 g/mol. The highest BCUT2D eigenvalue weighted by atomic mass is 35.5. The zero-order valence-electron chi connectivity index (χ0n) is 9.38. The SMILES string of the molecule is COC(=O)C(Cl)CNC(=O)c1cc(Cl)cc(Cl)c1. The molecule has 0 saturated heterocycles. The fourth-order valence-electron chi connectivity index (χ4n) is 1.18. The molecule has 0 saturated carbocycles. The molecule has 0 bridgehead atoms. The van der Waals surface area contributed by atoms with Crippen molar-refractivity contribution >= 4 is 46.7 Å². The van der Waals surface area contributed by atoms with Crippen LogP contribution in [0.5, 0.6) is 0 Å². The number of methoxy groups -OCH3 is 1. The van der Waals surface area contributed by atoms with Gasteiger partial charge in [-0.15, -0.1) is 11.6 Å². The molecular formula is C11H10Cl3NO3. The van der Waals surface area contributed by atoms with Gasteiger partial charge in [-0.3, -0.25) is 9.59 Å². The van der Waals surface area contributed by atoms with E-state index < -0.39 is 17.3 Å². The van der Waals surface area contributed by atoms with Gasteiger partial charge in [-0.2, -0.15) is 0 Å². The molecule has 1 unspecified atom stereocenters. The lowest BCUT2D eigenvalue weighted by Crippen LogP contribution is -2.34. The highest BCUT2D eigenvalue weighted by molar-refractivity contribution is 6.35. The summed E-state index contributed by atoms with van der Waals surface area (Å²) in [6.07, 6.45) is 0. The van der Waals surface area contributed by atoms with Gasteiger partial charge < -0.3 is 10.1 Å². The van der Waals surface area contributed by atoms with E-state index in [9.17, 15) is 9.59 Å². The van der Waals surface area contributed by atoms with E-state index in [0.717, 1.165) is 0 Å². The maximum atomic E-state index is 11.7. The van der Waals surface area contributed by atoms with Gasteiger partial charge in [0, 0.05) is 22.2 Å². The van der Waals surface area contributed by atoms with Crippen molar-refractivity contribution in [3.8, 4) is 0 Å². The molecule has 7 heteroatoms. The summed E-state index contributed by atoms with van der Waals surface area (Å²) in [6, 6.07) is 4.44. The molecule has 0 aliphatic heterocycles. The lowest BCUT2D eigenvalue weighted by molar-refractivity contribution is -0.140. The van der Waals surface area contributed by atoms with Crippen LogP contribution in [-0.4, -0.2) is 30.9 Å². The summed E-state index contributed by atoms with van der Waals surface area (Å²) in [4.78, 5) is 22.7. The summed E-state index contributed by atoms with van der Waals surface area (Å²) in [7, 11) is 1.22. The van der Waals surface area contributed by atoms with Crippen molar-refractivity contribution in [2.45, 2.75) is 5.38 Å². The standard InChI is InChI=1S/C11H10Cl3NO3/c1-18-11(17)9(14)5-15-10(16)6-2-7(12)4-8(13)3-6/h2-4,9H,5H2,1H3,(H,15,16). The zero-order valence-corrected chi connectivity index (χ0v) is 11.6. The van der Waals surface area contributed by atoms with E-state index in [1.165, 1.54) is 25.3 Å². The largest absolute Gasteiger partial charge is 0.468 e. The van der Waals surface area contributed by atoms with Crippen molar-refractivity contribution in [1.82, 2.24) is 5.32 Å². The Morgan fingerprint density at radius 1 is 1.28 bits per heavy atom. The second kappa shape index (κ2) is 6.83. The van der Waals surface area contributed by atoms with Crippen molar-refractivity contribution in [2.75, 3.05) is 13.7 Å². The van der Waals surface area contributed by atoms with Gasteiger partial charge in [0.25, 0.3) is 5.91 Å². The van der Waals surface area contributed by atoms with E-state index in [4.69, 9.17) is 34.8 Å². The lowest BCUT2D eigenvalue weighted by Gasteiger charge is -2.09. The van der Waals surface area contributed by atoms with Crippen LogP contribution in [0.25, 0.3) is 0 Å². The number of alkyl halides is 1. The smallest absolute Gasteiger partial charge is 0.325 e. The number of carbonyl (C=O) groups excluding carboxylic acids is 2. The van der Waals surface area contributed by atoms with Crippen molar-refractivity contribution < 1.29 is 14.3 Å². The third kappa shape index (κ3) is 4.37. The number of benzene rings is 1. The second-order valence-corrected chi connectivity index (χ2v) is 4.76. The van der Waals surface area contributed by atoms with Gasteiger partial charge in [-0.25, -0.2) is 0 Å². The van der Waals surface area contributed by atoms with E-state index in [2.05, 4.69) is 10.1 Å². The van der Waals surface area contributed by atoms with Gasteiger partial charge in [-0.1, -0.05) is 23.2 Å². The molecule has 1 N–H and O–H groups in total. The molecule has 1 aromatic rings. The van der Waals surface area contributed by atoms with Gasteiger partial charge in [0.05, 0.1) is 7.11 Å². The Hall–Kier alpha value is -0.970. The molecule has 0 spiro atoms. The fourth-order valence-corrected chi connectivity index (χ4v) is 1.87. The minimum atomic E-state index is -0.936. The van der Waals surface area contributed by atoms with E-state index in [0.29, 0.717) is 15.6 Å². The maximum Gasteiger partial charge on any atom is 0.325 e. The van der Waals surface area contributed by atoms with E-state index >= 15 is 0 Å². The summed E-state index contributed by atoms with van der Waals surface area (Å²) in [5.74, 6) is -1.03. The summed E-state index contributed by atoms with van der Waals surface area (Å²) >= 11 is 17.2. The average Bonchev–Trinajstić information content (AvgIpc) is 2.33. The molecule has 0 aliphatic carbocycles. The first-order valence-corrected chi connectivity index (χ1v) is 6.09. The Morgan fingerprint density at radius 2 is 1.83 bits per heavy atom. The second-order valence-electron chi connectivity index (χ2n) is 3.36. The highest BCUT2D eigenvalue weighted by Gasteiger charge is 2.17. The van der Waals surface area contributed by atoms with Crippen LogP contribution in [0.1, 0.15) is 10.4 Å². The third-order valence-corrected chi connectivity index (χ3v) is 2.79. The molecule has 1 amide bonds. The molecular weight excluding hydrogens is 300 g/mol. The fraction of sp³-hybridized carbons (Fsp3) is 0.273. The Labute approximate surface area is 119 Å². The number of esters is 1. The predicted molar refractivity (Wildman–Crippen MR) is 70.5 cm³/mol. The number of hydrogen-bond acceptors (Lipinski definition) is 3. The number of hydrogen-bond donors (Lipinski definition) is 1. The van der Waals surface area contributed by atoms with Gasteiger partial charge in [0.15, 0.2) is 0 Å². The zero-order chi connectivity index (χ0) is 13.7. The summed E-state index contributed by atoms with van der Waals surface area (Å²) in [5, 5.41) is 2.24. The highest BCUT2D eigenvalue weighted by Crippen LogP contribution is 2.18. The van der Waals surface area contributed by atoms with Gasteiger partial charge >= 0.3 is 5.97 Å². The molecule has 4 nitrogen and oxygen atoms in total. The van der Waals surface area contributed by atoms with Crippen molar-refractivity contribution in [3.63, 3.8) is 0 Å². The molecule has 0 heterocycles. The monoisotopic (exact) mass is 309 g/mol. The maximum absolute atomic E-state index is 11.7. The van der Waals surface area contributed by atoms with Crippen molar-refractivity contribution in [2.24, 2.45) is 0 Å². The normalized spacial score (nSPS) is 11.8. The molecule has 0 aromatic heterocycles. The molecule has 1 rings (SSSR count). The topological polar surface area (TPSA) is 55.4 Å². The number of ether oxygens (including phenoxy) is 1. The van der Waals surface area contributed by atoms with Gasteiger partial charge in [0.2, 0.25) is 0 Å². The minimum Gasteiger partial charge on any atom is -0.468 e. The Balaban J connectivity index is 2.63. The van der Waals surface area contributed by atoms with Gasteiger partial charge in [0.1, 0.15) is 5.38 Å². The molecule has 18 heavy (non-hydrogen) atoms. The number of carbonyl (C=O) groups is 2. The quantitative estimate of drug-likeness (QED) is 0.687. The molecule has 98 valence electrons. The van der Waals surface area contributed by atoms with Crippen molar-refractivity contribution in [3.05, 3.63) is 33.8 Å². The first kappa shape index (κ1) is 15.1. The van der Waals surface area contributed by atoms with Crippen LogP contribution >= 0.6 is 34.8 Å². The number of amides is 1. The Kier molecular flexibility index (Phi) is 5.72. The summed E-state index contributed by atoms with van der Waals surface area (Å²) in [6.45, 7) is -0.0444. The molecule has 1 aromatic carbocycles. The third-order valence-electron chi connectivity index (χ3n) is 2.02. The molecule has 0 radical (unpaired) electrons. The lowest BCUT2D eigenvalue weighted by atomic mass is 10.2. The van der Waals surface area contributed by atoms with Crippen LogP contribution in [0.2, 0.25) is 10.0 Å². The number of halogens is 3. The summed E-state index contributed by atoms with van der Waals surface area (Å²) in [5.41, 5.74) is 0.293. The number of rotatable bonds is 4. The van der Waals surface area contributed by atoms with Crippen LogP contribution < -0.4 is 5.32 Å². The number of nitrogens with one attached hydrogen (secondary N) is 1. The first-order chi connectivity index (χ1) is 8.43. The Bertz CT molecular complexity index is 445.